The van der Waals surface area contributed by atoms with E-state index < -0.39 is 0 Å². The SMILES string of the molecule is Nc1nsc(N2CCC(CO)C2)c1-c1cccnc1. The quantitative estimate of drug-likeness (QED) is 0.890. The normalized spacial score (nSPS) is 19.0. The minimum Gasteiger partial charge on any atom is -0.396 e. The second-order valence-corrected chi connectivity index (χ2v) is 5.52. The molecule has 6 heteroatoms. The van der Waals surface area contributed by atoms with Crippen LogP contribution >= 0.6 is 11.5 Å². The number of aliphatic hydroxyl groups excluding tert-OH is 1. The third kappa shape index (κ3) is 2.29. The van der Waals surface area contributed by atoms with Crippen LogP contribution in [0.1, 0.15) is 6.42 Å². The van der Waals surface area contributed by atoms with Crippen LogP contribution in [0.2, 0.25) is 0 Å². The number of hydrogen-bond donors (Lipinski definition) is 2. The summed E-state index contributed by atoms with van der Waals surface area (Å²) < 4.78 is 4.28. The first-order valence-corrected chi connectivity index (χ1v) is 7.08. The van der Waals surface area contributed by atoms with Crippen LogP contribution in [0.3, 0.4) is 0 Å². The number of aliphatic hydroxyl groups is 1. The Bertz CT molecular complexity index is 557. The van der Waals surface area contributed by atoms with Gasteiger partial charge in [0.15, 0.2) is 0 Å². The summed E-state index contributed by atoms with van der Waals surface area (Å²) in [7, 11) is 0. The number of rotatable bonds is 3. The summed E-state index contributed by atoms with van der Waals surface area (Å²) in [5, 5.41) is 10.3. The second kappa shape index (κ2) is 5.14. The molecule has 1 fully saturated rings. The number of anilines is 2. The molecule has 19 heavy (non-hydrogen) atoms. The van der Waals surface area contributed by atoms with Gasteiger partial charge in [-0.1, -0.05) is 6.07 Å². The molecule has 3 N–H and O–H groups in total. The van der Waals surface area contributed by atoms with E-state index in [2.05, 4.69) is 14.3 Å². The highest BCUT2D eigenvalue weighted by Gasteiger charge is 2.26. The molecule has 1 aliphatic rings. The Morgan fingerprint density at radius 2 is 2.42 bits per heavy atom. The van der Waals surface area contributed by atoms with Gasteiger partial charge in [0, 0.05) is 43.6 Å². The maximum atomic E-state index is 9.25. The van der Waals surface area contributed by atoms with E-state index in [4.69, 9.17) is 5.73 Å². The van der Waals surface area contributed by atoms with Crippen molar-refractivity contribution in [2.24, 2.45) is 5.92 Å². The minimum atomic E-state index is 0.243. The number of pyridine rings is 1. The van der Waals surface area contributed by atoms with Crippen molar-refractivity contribution in [1.82, 2.24) is 9.36 Å². The molecular formula is C13H16N4OS. The summed E-state index contributed by atoms with van der Waals surface area (Å²) >= 11 is 1.42. The van der Waals surface area contributed by atoms with E-state index in [0.29, 0.717) is 11.7 Å². The van der Waals surface area contributed by atoms with Crippen LogP contribution < -0.4 is 10.6 Å². The summed E-state index contributed by atoms with van der Waals surface area (Å²) in [5.74, 6) is 0.908. The first-order chi connectivity index (χ1) is 9.29. The van der Waals surface area contributed by atoms with E-state index >= 15 is 0 Å². The molecule has 0 aliphatic carbocycles. The fourth-order valence-corrected chi connectivity index (χ4v) is 3.33. The van der Waals surface area contributed by atoms with E-state index in [-0.39, 0.29) is 6.61 Å². The van der Waals surface area contributed by atoms with Gasteiger partial charge in [0.2, 0.25) is 0 Å². The zero-order valence-electron chi connectivity index (χ0n) is 10.5. The largest absolute Gasteiger partial charge is 0.396 e. The smallest absolute Gasteiger partial charge is 0.147 e. The lowest BCUT2D eigenvalue weighted by atomic mass is 10.1. The van der Waals surface area contributed by atoms with Gasteiger partial charge in [-0.25, -0.2) is 0 Å². The van der Waals surface area contributed by atoms with Gasteiger partial charge in [-0.2, -0.15) is 4.37 Å². The number of hydrogen-bond acceptors (Lipinski definition) is 6. The molecule has 100 valence electrons. The predicted molar refractivity (Wildman–Crippen MR) is 77.2 cm³/mol. The molecule has 1 saturated heterocycles. The molecule has 0 spiro atoms. The summed E-state index contributed by atoms with van der Waals surface area (Å²) in [5.41, 5.74) is 7.97. The van der Waals surface area contributed by atoms with Crippen LogP contribution in [0, 0.1) is 5.92 Å². The second-order valence-electron chi connectivity index (χ2n) is 4.77. The number of nitrogen functional groups attached to an aromatic ring is 1. The van der Waals surface area contributed by atoms with E-state index in [0.717, 1.165) is 35.6 Å². The third-order valence-electron chi connectivity index (χ3n) is 3.48. The van der Waals surface area contributed by atoms with Gasteiger partial charge in [0.25, 0.3) is 0 Å². The monoisotopic (exact) mass is 276 g/mol. The fraction of sp³-hybridized carbons (Fsp3) is 0.385. The highest BCUT2D eigenvalue weighted by Crippen LogP contribution is 2.40. The summed E-state index contributed by atoms with van der Waals surface area (Å²) in [6.45, 7) is 2.05. The van der Waals surface area contributed by atoms with Gasteiger partial charge < -0.3 is 15.7 Å². The number of nitrogens with two attached hydrogens (primary N) is 1. The van der Waals surface area contributed by atoms with Crippen LogP contribution in [-0.4, -0.2) is 34.2 Å². The topological polar surface area (TPSA) is 75.3 Å². The molecule has 0 aromatic carbocycles. The molecule has 3 rings (SSSR count). The molecule has 0 saturated carbocycles. The van der Waals surface area contributed by atoms with Crippen molar-refractivity contribution in [3.63, 3.8) is 0 Å². The zero-order chi connectivity index (χ0) is 13.2. The lowest BCUT2D eigenvalue weighted by Crippen LogP contribution is -2.20. The van der Waals surface area contributed by atoms with Gasteiger partial charge in [0.05, 0.1) is 5.56 Å². The molecule has 5 nitrogen and oxygen atoms in total. The van der Waals surface area contributed by atoms with Crippen LogP contribution in [0.15, 0.2) is 24.5 Å². The maximum Gasteiger partial charge on any atom is 0.147 e. The van der Waals surface area contributed by atoms with Gasteiger partial charge in [-0.3, -0.25) is 4.98 Å². The molecule has 1 unspecified atom stereocenters. The molecule has 1 aliphatic heterocycles. The van der Waals surface area contributed by atoms with Gasteiger partial charge >= 0.3 is 0 Å². The molecule has 0 bridgehead atoms. The molecule has 3 heterocycles. The van der Waals surface area contributed by atoms with Crippen LogP contribution in [0.5, 0.6) is 0 Å². The Labute approximate surface area is 115 Å². The van der Waals surface area contributed by atoms with Crippen molar-refractivity contribution in [3.05, 3.63) is 24.5 Å². The van der Waals surface area contributed by atoms with E-state index in [1.165, 1.54) is 11.5 Å². The van der Waals surface area contributed by atoms with Crippen molar-refractivity contribution in [1.29, 1.82) is 0 Å². The van der Waals surface area contributed by atoms with Crippen LogP contribution in [0.4, 0.5) is 10.8 Å². The predicted octanol–water partition coefficient (Wildman–Crippen LogP) is 1.61. The Morgan fingerprint density at radius 1 is 1.53 bits per heavy atom. The Balaban J connectivity index is 1.96. The molecular weight excluding hydrogens is 260 g/mol. The van der Waals surface area contributed by atoms with Crippen molar-refractivity contribution in [2.75, 3.05) is 30.3 Å². The molecule has 1 atom stereocenters. The minimum absolute atomic E-state index is 0.243. The van der Waals surface area contributed by atoms with Crippen molar-refractivity contribution in [3.8, 4) is 11.1 Å². The standard InChI is InChI=1S/C13H16N4OS/c14-12-11(10-2-1-4-15-6-10)13(19-16-12)17-5-3-9(7-17)8-18/h1-2,4,6,9,18H,3,5,7-8H2,(H2,14,16). The number of nitrogens with zero attached hydrogens (tertiary/aromatic N) is 3. The highest BCUT2D eigenvalue weighted by atomic mass is 32.1. The summed E-state index contributed by atoms with van der Waals surface area (Å²) in [4.78, 5) is 6.40. The lowest BCUT2D eigenvalue weighted by Gasteiger charge is -2.17. The highest BCUT2D eigenvalue weighted by molar-refractivity contribution is 7.11. The Kier molecular flexibility index (Phi) is 3.35. The van der Waals surface area contributed by atoms with Crippen LogP contribution in [0.25, 0.3) is 11.1 Å². The maximum absolute atomic E-state index is 9.25. The van der Waals surface area contributed by atoms with E-state index in [1.807, 2.05) is 18.3 Å². The molecule has 0 amide bonds. The van der Waals surface area contributed by atoms with Gasteiger partial charge in [-0.05, 0) is 24.0 Å². The average Bonchev–Trinajstić information content (AvgIpc) is 3.05. The van der Waals surface area contributed by atoms with Gasteiger partial charge in [0.1, 0.15) is 10.8 Å². The summed E-state index contributed by atoms with van der Waals surface area (Å²) in [6.07, 6.45) is 4.57. The van der Waals surface area contributed by atoms with E-state index in [9.17, 15) is 5.11 Å². The van der Waals surface area contributed by atoms with Crippen LogP contribution in [-0.2, 0) is 0 Å². The molecule has 0 radical (unpaired) electrons. The Hall–Kier alpha value is -1.66. The van der Waals surface area contributed by atoms with Crippen molar-refractivity contribution < 1.29 is 5.11 Å². The molecule has 2 aromatic heterocycles. The summed E-state index contributed by atoms with van der Waals surface area (Å²) in [6, 6.07) is 3.90. The van der Waals surface area contributed by atoms with Gasteiger partial charge in [-0.15, -0.1) is 0 Å². The number of aromatic nitrogens is 2. The first kappa shape index (κ1) is 12.4. The average molecular weight is 276 g/mol. The fourth-order valence-electron chi connectivity index (χ4n) is 2.46. The van der Waals surface area contributed by atoms with E-state index in [1.54, 1.807) is 6.20 Å². The first-order valence-electron chi connectivity index (χ1n) is 6.31. The Morgan fingerprint density at radius 3 is 3.11 bits per heavy atom. The lowest BCUT2D eigenvalue weighted by molar-refractivity contribution is 0.239. The van der Waals surface area contributed by atoms with Crippen molar-refractivity contribution >= 4 is 22.4 Å². The molecule has 2 aromatic rings. The van der Waals surface area contributed by atoms with Crippen molar-refractivity contribution in [2.45, 2.75) is 6.42 Å². The third-order valence-corrected chi connectivity index (χ3v) is 4.41. The zero-order valence-corrected chi connectivity index (χ0v) is 11.3.